The van der Waals surface area contributed by atoms with Gasteiger partial charge in [-0.1, -0.05) is 25.5 Å². The van der Waals surface area contributed by atoms with Crippen molar-refractivity contribution in [2.75, 3.05) is 6.54 Å². The van der Waals surface area contributed by atoms with Gasteiger partial charge in [0.2, 0.25) is 0 Å². The fourth-order valence-electron chi connectivity index (χ4n) is 1.66. The molecule has 0 aliphatic heterocycles. The number of aliphatic hydroxyl groups is 1. The first-order valence-electron chi connectivity index (χ1n) is 5.75. The number of rotatable bonds is 5. The van der Waals surface area contributed by atoms with Gasteiger partial charge >= 0.3 is 0 Å². The van der Waals surface area contributed by atoms with E-state index in [0.29, 0.717) is 6.42 Å². The van der Waals surface area contributed by atoms with Crippen LogP contribution in [-0.4, -0.2) is 28.3 Å². The highest BCUT2D eigenvalue weighted by Crippen LogP contribution is 2.16. The van der Waals surface area contributed by atoms with E-state index < -0.39 is 5.60 Å². The minimum Gasteiger partial charge on any atom is -0.507 e. The second kappa shape index (κ2) is 5.68. The van der Waals surface area contributed by atoms with Gasteiger partial charge in [0.05, 0.1) is 11.2 Å². The van der Waals surface area contributed by atoms with E-state index >= 15 is 0 Å². The molecule has 1 atom stereocenters. The number of para-hydroxylation sites is 1. The monoisotopic (exact) mass is 237 g/mol. The summed E-state index contributed by atoms with van der Waals surface area (Å²) in [6.07, 6.45) is 1.47. The van der Waals surface area contributed by atoms with E-state index in [9.17, 15) is 15.0 Å². The Morgan fingerprint density at radius 2 is 2.06 bits per heavy atom. The molecule has 0 radical (unpaired) electrons. The largest absolute Gasteiger partial charge is 0.507 e. The highest BCUT2D eigenvalue weighted by atomic mass is 16.3. The Labute approximate surface area is 101 Å². The number of nitrogens with one attached hydrogen (secondary N) is 1. The van der Waals surface area contributed by atoms with Crippen molar-refractivity contribution in [3.8, 4) is 5.75 Å². The van der Waals surface area contributed by atoms with E-state index in [2.05, 4.69) is 5.32 Å². The molecule has 17 heavy (non-hydrogen) atoms. The summed E-state index contributed by atoms with van der Waals surface area (Å²) in [5, 5.41) is 22.0. The van der Waals surface area contributed by atoms with E-state index in [1.54, 1.807) is 25.1 Å². The molecule has 1 aromatic rings. The molecular weight excluding hydrogens is 218 g/mol. The molecule has 4 nitrogen and oxygen atoms in total. The Kier molecular flexibility index (Phi) is 4.52. The molecule has 0 bridgehead atoms. The molecule has 1 amide bonds. The summed E-state index contributed by atoms with van der Waals surface area (Å²) >= 11 is 0. The number of hydrogen-bond acceptors (Lipinski definition) is 3. The number of hydrogen-bond donors (Lipinski definition) is 3. The second-order valence-electron chi connectivity index (χ2n) is 4.45. The van der Waals surface area contributed by atoms with Crippen LogP contribution in [0.3, 0.4) is 0 Å². The van der Waals surface area contributed by atoms with Crippen LogP contribution in [0.4, 0.5) is 0 Å². The van der Waals surface area contributed by atoms with E-state index in [-0.39, 0.29) is 23.8 Å². The maximum Gasteiger partial charge on any atom is 0.255 e. The van der Waals surface area contributed by atoms with Crippen LogP contribution in [-0.2, 0) is 0 Å². The minimum absolute atomic E-state index is 0.0554. The second-order valence-corrected chi connectivity index (χ2v) is 4.45. The summed E-state index contributed by atoms with van der Waals surface area (Å²) in [5.41, 5.74) is -0.686. The summed E-state index contributed by atoms with van der Waals surface area (Å²) in [6.45, 7) is 3.83. The van der Waals surface area contributed by atoms with Gasteiger partial charge in [-0.2, -0.15) is 0 Å². The molecule has 0 saturated heterocycles. The van der Waals surface area contributed by atoms with Gasteiger partial charge in [0.25, 0.3) is 5.91 Å². The van der Waals surface area contributed by atoms with E-state index in [4.69, 9.17) is 0 Å². The number of carbonyl (C=O) groups is 1. The number of amides is 1. The van der Waals surface area contributed by atoms with Gasteiger partial charge in [-0.3, -0.25) is 4.79 Å². The zero-order valence-corrected chi connectivity index (χ0v) is 10.2. The van der Waals surface area contributed by atoms with Gasteiger partial charge in [-0.25, -0.2) is 0 Å². The lowest BCUT2D eigenvalue weighted by atomic mass is 10.0. The first kappa shape index (κ1) is 13.5. The molecule has 1 aromatic carbocycles. The maximum atomic E-state index is 11.7. The molecule has 0 aliphatic rings. The van der Waals surface area contributed by atoms with Crippen LogP contribution in [0, 0.1) is 0 Å². The van der Waals surface area contributed by atoms with Crippen LogP contribution in [0.15, 0.2) is 24.3 Å². The third-order valence-electron chi connectivity index (χ3n) is 2.57. The van der Waals surface area contributed by atoms with Gasteiger partial charge in [0, 0.05) is 6.54 Å². The van der Waals surface area contributed by atoms with Crippen molar-refractivity contribution in [1.29, 1.82) is 0 Å². The zero-order chi connectivity index (χ0) is 12.9. The summed E-state index contributed by atoms with van der Waals surface area (Å²) in [5.74, 6) is -0.431. The van der Waals surface area contributed by atoms with Crippen LogP contribution in [0.25, 0.3) is 0 Å². The number of benzene rings is 1. The molecule has 4 heteroatoms. The summed E-state index contributed by atoms with van der Waals surface area (Å²) < 4.78 is 0. The molecule has 3 N–H and O–H groups in total. The number of phenols is 1. The Hall–Kier alpha value is -1.55. The lowest BCUT2D eigenvalue weighted by Crippen LogP contribution is -2.40. The van der Waals surface area contributed by atoms with Crippen molar-refractivity contribution in [1.82, 2.24) is 5.32 Å². The third-order valence-corrected chi connectivity index (χ3v) is 2.57. The Morgan fingerprint density at radius 3 is 2.65 bits per heavy atom. The van der Waals surface area contributed by atoms with Crippen LogP contribution in [0.1, 0.15) is 37.0 Å². The van der Waals surface area contributed by atoms with Crippen molar-refractivity contribution < 1.29 is 15.0 Å². The number of aromatic hydroxyl groups is 1. The molecule has 0 spiro atoms. The van der Waals surface area contributed by atoms with Crippen LogP contribution in [0.2, 0.25) is 0 Å². The first-order valence-corrected chi connectivity index (χ1v) is 5.75. The summed E-state index contributed by atoms with van der Waals surface area (Å²) in [6, 6.07) is 6.33. The van der Waals surface area contributed by atoms with Crippen molar-refractivity contribution in [3.63, 3.8) is 0 Å². The Bertz CT molecular complexity index is 388. The maximum absolute atomic E-state index is 11.7. The van der Waals surface area contributed by atoms with Gasteiger partial charge in [0.1, 0.15) is 5.75 Å². The number of carbonyl (C=O) groups excluding carboxylic acids is 1. The Balaban J connectivity index is 2.59. The molecule has 94 valence electrons. The number of phenolic OH excluding ortho intramolecular Hbond substituents is 1. The van der Waals surface area contributed by atoms with Crippen molar-refractivity contribution >= 4 is 5.91 Å². The fourth-order valence-corrected chi connectivity index (χ4v) is 1.66. The molecule has 0 fully saturated rings. The normalized spacial score (nSPS) is 14.1. The highest BCUT2D eigenvalue weighted by molar-refractivity contribution is 5.96. The van der Waals surface area contributed by atoms with Crippen LogP contribution in [0.5, 0.6) is 5.75 Å². The zero-order valence-electron chi connectivity index (χ0n) is 10.2. The predicted octanol–water partition coefficient (Wildman–Crippen LogP) is 1.67. The fraction of sp³-hybridized carbons (Fsp3) is 0.462. The average Bonchev–Trinajstić information content (AvgIpc) is 2.27. The molecule has 0 heterocycles. The molecule has 0 aliphatic carbocycles. The SMILES string of the molecule is CCCC(C)(O)CNC(=O)c1ccccc1O. The van der Waals surface area contributed by atoms with Crippen molar-refractivity contribution in [3.05, 3.63) is 29.8 Å². The van der Waals surface area contributed by atoms with Crippen LogP contribution < -0.4 is 5.32 Å². The molecule has 1 rings (SSSR count). The van der Waals surface area contributed by atoms with Gasteiger partial charge in [0.15, 0.2) is 0 Å². The first-order chi connectivity index (χ1) is 7.96. The molecular formula is C13H19NO3. The van der Waals surface area contributed by atoms with E-state index in [0.717, 1.165) is 6.42 Å². The van der Waals surface area contributed by atoms with Gasteiger partial charge in [-0.15, -0.1) is 0 Å². The third kappa shape index (κ3) is 4.07. The lowest BCUT2D eigenvalue weighted by molar-refractivity contribution is 0.0469. The molecule has 0 saturated carbocycles. The van der Waals surface area contributed by atoms with Gasteiger partial charge in [-0.05, 0) is 25.5 Å². The van der Waals surface area contributed by atoms with E-state index in [1.165, 1.54) is 6.07 Å². The molecule has 1 unspecified atom stereocenters. The topological polar surface area (TPSA) is 69.6 Å². The molecule has 0 aromatic heterocycles. The summed E-state index contributed by atoms with van der Waals surface area (Å²) in [7, 11) is 0. The quantitative estimate of drug-likeness (QED) is 0.729. The Morgan fingerprint density at radius 1 is 1.41 bits per heavy atom. The standard InChI is InChI=1S/C13H19NO3/c1-3-8-13(2,17)9-14-12(16)10-6-4-5-7-11(10)15/h4-7,15,17H,3,8-9H2,1-2H3,(H,14,16). The van der Waals surface area contributed by atoms with Crippen LogP contribution >= 0.6 is 0 Å². The minimum atomic E-state index is -0.908. The predicted molar refractivity (Wildman–Crippen MR) is 66.0 cm³/mol. The highest BCUT2D eigenvalue weighted by Gasteiger charge is 2.20. The summed E-state index contributed by atoms with van der Waals surface area (Å²) in [4.78, 5) is 11.7. The van der Waals surface area contributed by atoms with Gasteiger partial charge < -0.3 is 15.5 Å². The lowest BCUT2D eigenvalue weighted by Gasteiger charge is -2.22. The average molecular weight is 237 g/mol. The smallest absolute Gasteiger partial charge is 0.255 e. The van der Waals surface area contributed by atoms with Crippen molar-refractivity contribution in [2.24, 2.45) is 0 Å². The van der Waals surface area contributed by atoms with Crippen molar-refractivity contribution in [2.45, 2.75) is 32.3 Å². The van der Waals surface area contributed by atoms with E-state index in [1.807, 2.05) is 6.92 Å².